The van der Waals surface area contributed by atoms with Crippen molar-refractivity contribution in [3.63, 3.8) is 0 Å². The van der Waals surface area contributed by atoms with Gasteiger partial charge in [0.15, 0.2) is 0 Å². The fourth-order valence-corrected chi connectivity index (χ4v) is 5.79. The summed E-state index contributed by atoms with van der Waals surface area (Å²) in [4.78, 5) is 29.0. The number of ether oxygens (including phenoxy) is 1. The highest BCUT2D eigenvalue weighted by Crippen LogP contribution is 2.26. The van der Waals surface area contributed by atoms with Gasteiger partial charge in [0.2, 0.25) is 11.8 Å². The molecule has 0 aromatic heterocycles. The lowest BCUT2D eigenvalue weighted by Gasteiger charge is -2.34. The molecule has 2 amide bonds. The van der Waals surface area contributed by atoms with Crippen molar-refractivity contribution in [1.82, 2.24) is 10.2 Å². The van der Waals surface area contributed by atoms with E-state index in [1.54, 1.807) is 42.5 Å². The molecule has 214 valence electrons. The number of sulfonamides is 1. The Morgan fingerprint density at radius 3 is 2.15 bits per heavy atom. The molecule has 3 rings (SSSR count). The van der Waals surface area contributed by atoms with Crippen molar-refractivity contribution in [2.45, 2.75) is 64.1 Å². The molecule has 40 heavy (non-hydrogen) atoms. The molecule has 0 aliphatic rings. The Morgan fingerprint density at radius 2 is 1.60 bits per heavy atom. The number of benzene rings is 3. The number of hydrogen-bond donors (Lipinski definition) is 1. The number of anilines is 1. The lowest BCUT2D eigenvalue weighted by molar-refractivity contribution is -0.141. The fourth-order valence-electron chi connectivity index (χ4n) is 4.38. The molecule has 1 N–H and O–H groups in total. The first-order valence-corrected chi connectivity index (χ1v) is 14.7. The van der Waals surface area contributed by atoms with E-state index in [0.29, 0.717) is 17.9 Å². The first-order chi connectivity index (χ1) is 18.9. The lowest BCUT2D eigenvalue weighted by Crippen LogP contribution is -2.55. The Kier molecular flexibility index (Phi) is 9.98. The molecule has 1 unspecified atom stereocenters. The largest absolute Gasteiger partial charge is 0.497 e. The Morgan fingerprint density at radius 1 is 0.950 bits per heavy atom. The number of methoxy groups -OCH3 is 1. The van der Waals surface area contributed by atoms with Crippen molar-refractivity contribution >= 4 is 27.5 Å². The molecule has 1 atom stereocenters. The van der Waals surface area contributed by atoms with Gasteiger partial charge < -0.3 is 15.0 Å². The highest BCUT2D eigenvalue weighted by atomic mass is 32.2. The van der Waals surface area contributed by atoms with Gasteiger partial charge in [-0.3, -0.25) is 13.9 Å². The number of nitrogens with one attached hydrogen (secondary N) is 1. The molecule has 3 aromatic carbocycles. The van der Waals surface area contributed by atoms with Crippen LogP contribution in [0.4, 0.5) is 5.69 Å². The summed E-state index contributed by atoms with van der Waals surface area (Å²) in [6.45, 7) is 9.10. The number of nitrogens with zero attached hydrogens (tertiary/aromatic N) is 2. The van der Waals surface area contributed by atoms with E-state index in [2.05, 4.69) is 5.32 Å². The standard InChI is InChI=1S/C31H39N3O5S/c1-7-28(30(36)32-31(3,4)5)33(21-24-13-11-12-23(2)20-24)29(35)22-34(25-14-9-8-10-15-25)40(37,38)27-18-16-26(39-6)17-19-27/h8-20,28H,7,21-22H2,1-6H3,(H,32,36). The van der Waals surface area contributed by atoms with Crippen LogP contribution >= 0.6 is 0 Å². The van der Waals surface area contributed by atoms with E-state index in [0.717, 1.165) is 15.4 Å². The highest BCUT2D eigenvalue weighted by Gasteiger charge is 2.34. The minimum absolute atomic E-state index is 0.0210. The van der Waals surface area contributed by atoms with Gasteiger partial charge in [-0.2, -0.15) is 0 Å². The highest BCUT2D eigenvalue weighted by molar-refractivity contribution is 7.92. The van der Waals surface area contributed by atoms with Gasteiger partial charge in [-0.05, 0) is 76.1 Å². The Labute approximate surface area is 238 Å². The molecule has 3 aromatic rings. The zero-order valence-electron chi connectivity index (χ0n) is 24.0. The first-order valence-electron chi connectivity index (χ1n) is 13.2. The van der Waals surface area contributed by atoms with E-state index >= 15 is 0 Å². The van der Waals surface area contributed by atoms with Gasteiger partial charge in [0, 0.05) is 12.1 Å². The molecule has 0 fully saturated rings. The van der Waals surface area contributed by atoms with Crippen molar-refractivity contribution in [1.29, 1.82) is 0 Å². The molecule has 0 aliphatic heterocycles. The molecule has 0 spiro atoms. The average Bonchev–Trinajstić information content (AvgIpc) is 2.91. The smallest absolute Gasteiger partial charge is 0.264 e. The van der Waals surface area contributed by atoms with E-state index in [9.17, 15) is 18.0 Å². The maximum absolute atomic E-state index is 14.1. The number of amides is 2. The van der Waals surface area contributed by atoms with Crippen molar-refractivity contribution in [3.8, 4) is 5.75 Å². The van der Waals surface area contributed by atoms with Crippen molar-refractivity contribution in [3.05, 3.63) is 90.0 Å². The van der Waals surface area contributed by atoms with E-state index < -0.39 is 34.1 Å². The normalized spacial score (nSPS) is 12.3. The zero-order chi connectivity index (χ0) is 29.5. The lowest BCUT2D eigenvalue weighted by atomic mass is 10.0. The minimum atomic E-state index is -4.14. The molecule has 8 nitrogen and oxygen atoms in total. The number of aryl methyl sites for hydroxylation is 1. The molecule has 0 aliphatic carbocycles. The third kappa shape index (κ3) is 7.85. The maximum Gasteiger partial charge on any atom is 0.264 e. The molecule has 0 saturated carbocycles. The van der Waals surface area contributed by atoms with Crippen LogP contribution in [-0.2, 0) is 26.2 Å². The van der Waals surface area contributed by atoms with Crippen LogP contribution in [0.3, 0.4) is 0 Å². The van der Waals surface area contributed by atoms with Crippen LogP contribution < -0.4 is 14.4 Å². The first kappa shape index (κ1) is 30.7. The van der Waals surface area contributed by atoms with Gasteiger partial charge in [-0.15, -0.1) is 0 Å². The Hall–Kier alpha value is -3.85. The van der Waals surface area contributed by atoms with Crippen LogP contribution in [0.25, 0.3) is 0 Å². The summed E-state index contributed by atoms with van der Waals surface area (Å²) < 4.78 is 34.0. The molecule has 9 heteroatoms. The summed E-state index contributed by atoms with van der Waals surface area (Å²) in [6, 6.07) is 21.4. The number of carbonyl (C=O) groups excluding carboxylic acids is 2. The van der Waals surface area contributed by atoms with Crippen molar-refractivity contribution < 1.29 is 22.7 Å². The van der Waals surface area contributed by atoms with E-state index in [4.69, 9.17) is 4.74 Å². The number of hydrogen-bond acceptors (Lipinski definition) is 5. The summed E-state index contributed by atoms with van der Waals surface area (Å²) in [7, 11) is -2.64. The predicted molar refractivity (Wildman–Crippen MR) is 158 cm³/mol. The van der Waals surface area contributed by atoms with E-state index in [1.807, 2.05) is 58.9 Å². The van der Waals surface area contributed by atoms with E-state index in [1.165, 1.54) is 24.1 Å². The van der Waals surface area contributed by atoms with Crippen LogP contribution in [0.5, 0.6) is 5.75 Å². The Balaban J connectivity index is 2.05. The molecular weight excluding hydrogens is 526 g/mol. The van der Waals surface area contributed by atoms with Gasteiger partial charge in [0.25, 0.3) is 10.0 Å². The summed E-state index contributed by atoms with van der Waals surface area (Å²) in [5.41, 5.74) is 1.70. The van der Waals surface area contributed by atoms with Gasteiger partial charge in [0.05, 0.1) is 17.7 Å². The van der Waals surface area contributed by atoms with Crippen LogP contribution in [0.15, 0.2) is 83.8 Å². The fraction of sp³-hybridized carbons (Fsp3) is 0.355. The average molecular weight is 566 g/mol. The molecular formula is C31H39N3O5S. The minimum Gasteiger partial charge on any atom is -0.497 e. The number of carbonyl (C=O) groups is 2. The van der Waals surface area contributed by atoms with Crippen LogP contribution in [0, 0.1) is 6.92 Å². The summed E-state index contributed by atoms with van der Waals surface area (Å²) in [5.74, 6) is -0.264. The van der Waals surface area contributed by atoms with Gasteiger partial charge in [-0.1, -0.05) is 55.0 Å². The van der Waals surface area contributed by atoms with Crippen LogP contribution in [-0.4, -0.2) is 50.4 Å². The second kappa shape index (κ2) is 13.0. The SMILES string of the molecule is CCC(C(=O)NC(C)(C)C)N(Cc1cccc(C)c1)C(=O)CN(c1ccccc1)S(=O)(=O)c1ccc(OC)cc1. The third-order valence-corrected chi connectivity index (χ3v) is 8.08. The van der Waals surface area contributed by atoms with Crippen molar-refractivity contribution in [2.24, 2.45) is 0 Å². The molecule has 0 radical (unpaired) electrons. The van der Waals surface area contributed by atoms with Gasteiger partial charge in [-0.25, -0.2) is 8.42 Å². The monoisotopic (exact) mass is 565 g/mol. The summed E-state index contributed by atoms with van der Waals surface area (Å²) >= 11 is 0. The quantitative estimate of drug-likeness (QED) is 0.356. The van der Waals surface area contributed by atoms with Crippen LogP contribution in [0.1, 0.15) is 45.2 Å². The zero-order valence-corrected chi connectivity index (χ0v) is 24.9. The molecule has 0 saturated heterocycles. The number of para-hydroxylation sites is 1. The summed E-state index contributed by atoms with van der Waals surface area (Å²) in [5, 5.41) is 2.98. The third-order valence-electron chi connectivity index (χ3n) is 6.29. The van der Waals surface area contributed by atoms with Gasteiger partial charge in [0.1, 0.15) is 18.3 Å². The van der Waals surface area contributed by atoms with E-state index in [-0.39, 0.29) is 17.3 Å². The second-order valence-electron chi connectivity index (χ2n) is 10.7. The predicted octanol–water partition coefficient (Wildman–Crippen LogP) is 4.92. The maximum atomic E-state index is 14.1. The van der Waals surface area contributed by atoms with Crippen molar-refractivity contribution in [2.75, 3.05) is 18.0 Å². The molecule has 0 bridgehead atoms. The second-order valence-corrected chi connectivity index (χ2v) is 12.6. The van der Waals surface area contributed by atoms with Gasteiger partial charge >= 0.3 is 0 Å². The number of rotatable bonds is 11. The molecule has 0 heterocycles. The van der Waals surface area contributed by atoms with Crippen LogP contribution in [0.2, 0.25) is 0 Å². The Bertz CT molecular complexity index is 1400. The topological polar surface area (TPSA) is 96.0 Å². The summed E-state index contributed by atoms with van der Waals surface area (Å²) in [6.07, 6.45) is 0.357.